The van der Waals surface area contributed by atoms with Crippen molar-refractivity contribution in [3.8, 4) is 5.75 Å². The van der Waals surface area contributed by atoms with Gasteiger partial charge < -0.3 is 9.16 Å². The number of hydrogen-bond donors (Lipinski definition) is 0. The molecule has 0 saturated heterocycles. The van der Waals surface area contributed by atoms with E-state index >= 15 is 0 Å². The van der Waals surface area contributed by atoms with E-state index in [0.29, 0.717) is 0 Å². The first-order valence-electron chi connectivity index (χ1n) is 5.70. The monoisotopic (exact) mass is 252 g/mol. The summed E-state index contributed by atoms with van der Waals surface area (Å²) in [5.41, 5.74) is 0.953. The minimum atomic E-state index is -1.81. The lowest BCUT2D eigenvalue weighted by molar-refractivity contribution is -0.136. The van der Waals surface area contributed by atoms with Gasteiger partial charge in [0.05, 0.1) is 13.0 Å². The van der Waals surface area contributed by atoms with Gasteiger partial charge in [-0.15, -0.1) is 0 Å². The van der Waals surface area contributed by atoms with Gasteiger partial charge in [0.1, 0.15) is 5.75 Å². The highest BCUT2D eigenvalue weighted by Gasteiger charge is 2.24. The van der Waals surface area contributed by atoms with Crippen LogP contribution in [0.25, 0.3) is 0 Å². The summed E-state index contributed by atoms with van der Waals surface area (Å²) < 4.78 is 10.6. The zero-order chi connectivity index (χ0) is 13.1. The van der Waals surface area contributed by atoms with E-state index in [9.17, 15) is 4.79 Å². The lowest BCUT2D eigenvalue weighted by atomic mass is 10.0. The molecule has 1 aromatic carbocycles. The van der Waals surface area contributed by atoms with Crippen molar-refractivity contribution in [1.82, 2.24) is 0 Å². The minimum absolute atomic E-state index is 0.144. The quantitative estimate of drug-likeness (QED) is 0.772. The topological polar surface area (TPSA) is 35.5 Å². The summed E-state index contributed by atoms with van der Waals surface area (Å²) in [6.45, 7) is 7.88. The summed E-state index contributed by atoms with van der Waals surface area (Å²) in [7, 11) is -0.185. The molecule has 4 heteroatoms. The number of benzene rings is 1. The average Bonchev–Trinajstić information content (AvgIpc) is 2.26. The van der Waals surface area contributed by atoms with E-state index < -0.39 is 8.32 Å². The van der Waals surface area contributed by atoms with E-state index in [4.69, 9.17) is 9.16 Å². The third-order valence-corrected chi connectivity index (χ3v) is 3.19. The SMILES string of the molecule is COc1ccc(C(C)C(=O)O[Si](C)(C)C)cc1. The Morgan fingerprint density at radius 2 is 1.71 bits per heavy atom. The molecule has 0 aliphatic heterocycles. The van der Waals surface area contributed by atoms with Crippen LogP contribution in [0.3, 0.4) is 0 Å². The molecule has 3 nitrogen and oxygen atoms in total. The van der Waals surface area contributed by atoms with Crippen molar-refractivity contribution in [2.45, 2.75) is 32.5 Å². The standard InChI is InChI=1S/C13H20O3Si/c1-10(13(14)16-17(3,4)5)11-6-8-12(15-2)9-7-11/h6-10H,1-5H3. The molecule has 1 rings (SSSR count). The van der Waals surface area contributed by atoms with Crippen LogP contribution in [-0.2, 0) is 9.22 Å². The van der Waals surface area contributed by atoms with Crippen LogP contribution in [-0.4, -0.2) is 21.4 Å². The van der Waals surface area contributed by atoms with Crippen molar-refractivity contribution in [2.75, 3.05) is 7.11 Å². The van der Waals surface area contributed by atoms with Gasteiger partial charge in [-0.05, 0) is 44.3 Å². The Labute approximate surface area is 104 Å². The molecule has 1 atom stereocenters. The molecule has 0 radical (unpaired) electrons. The number of carbonyl (C=O) groups excluding carboxylic acids is 1. The number of hydrogen-bond acceptors (Lipinski definition) is 3. The van der Waals surface area contributed by atoms with Crippen LogP contribution in [0.15, 0.2) is 24.3 Å². The Kier molecular flexibility index (Phi) is 4.34. The maximum Gasteiger partial charge on any atom is 0.299 e. The summed E-state index contributed by atoms with van der Waals surface area (Å²) in [5, 5.41) is 0. The van der Waals surface area contributed by atoms with Gasteiger partial charge in [-0.3, -0.25) is 4.79 Å². The molecule has 0 heterocycles. The lowest BCUT2D eigenvalue weighted by Crippen LogP contribution is -2.31. The molecule has 94 valence electrons. The van der Waals surface area contributed by atoms with Gasteiger partial charge in [-0.1, -0.05) is 12.1 Å². The summed E-state index contributed by atoms with van der Waals surface area (Å²) in [5.74, 6) is 0.418. The number of carbonyl (C=O) groups is 1. The molecule has 0 aromatic heterocycles. The van der Waals surface area contributed by atoms with Crippen LogP contribution in [0, 0.1) is 0 Å². The molecule has 0 saturated carbocycles. The average molecular weight is 252 g/mol. The van der Waals surface area contributed by atoms with E-state index in [1.54, 1.807) is 7.11 Å². The maximum absolute atomic E-state index is 11.9. The van der Waals surface area contributed by atoms with Crippen LogP contribution in [0.4, 0.5) is 0 Å². The summed E-state index contributed by atoms with van der Waals surface area (Å²) in [4.78, 5) is 11.9. The minimum Gasteiger partial charge on any atom is -0.519 e. The van der Waals surface area contributed by atoms with E-state index in [2.05, 4.69) is 0 Å². The largest absolute Gasteiger partial charge is 0.519 e. The van der Waals surface area contributed by atoms with E-state index in [1.807, 2.05) is 50.8 Å². The van der Waals surface area contributed by atoms with Crippen LogP contribution in [0.5, 0.6) is 5.75 Å². The fraction of sp³-hybridized carbons (Fsp3) is 0.462. The Morgan fingerprint density at radius 1 is 1.18 bits per heavy atom. The molecular formula is C13H20O3Si. The van der Waals surface area contributed by atoms with Gasteiger partial charge in [0, 0.05) is 0 Å². The Bertz CT molecular complexity index is 379. The first-order valence-corrected chi connectivity index (χ1v) is 9.11. The van der Waals surface area contributed by atoms with Crippen LogP contribution < -0.4 is 4.74 Å². The number of rotatable bonds is 4. The third kappa shape index (κ3) is 4.23. The molecule has 17 heavy (non-hydrogen) atoms. The summed E-state index contributed by atoms with van der Waals surface area (Å²) >= 11 is 0. The zero-order valence-electron chi connectivity index (χ0n) is 11.1. The van der Waals surface area contributed by atoms with Crippen molar-refractivity contribution >= 4 is 14.3 Å². The van der Waals surface area contributed by atoms with Gasteiger partial charge in [-0.25, -0.2) is 0 Å². The fourth-order valence-corrected chi connectivity index (χ4v) is 2.20. The van der Waals surface area contributed by atoms with E-state index in [1.165, 1.54) is 0 Å². The second-order valence-corrected chi connectivity index (χ2v) is 9.46. The maximum atomic E-state index is 11.9. The van der Waals surface area contributed by atoms with E-state index in [-0.39, 0.29) is 11.9 Å². The molecule has 0 amide bonds. The third-order valence-electron chi connectivity index (χ3n) is 2.38. The van der Waals surface area contributed by atoms with Crippen LogP contribution in [0.1, 0.15) is 18.4 Å². The van der Waals surface area contributed by atoms with Crippen molar-refractivity contribution in [3.05, 3.63) is 29.8 Å². The van der Waals surface area contributed by atoms with Crippen LogP contribution in [0.2, 0.25) is 19.6 Å². The smallest absolute Gasteiger partial charge is 0.299 e. The van der Waals surface area contributed by atoms with Crippen molar-refractivity contribution in [1.29, 1.82) is 0 Å². The molecule has 0 N–H and O–H groups in total. The zero-order valence-corrected chi connectivity index (χ0v) is 12.1. The molecule has 1 unspecified atom stereocenters. The van der Waals surface area contributed by atoms with Crippen molar-refractivity contribution in [3.63, 3.8) is 0 Å². The van der Waals surface area contributed by atoms with Crippen molar-refractivity contribution < 1.29 is 14.0 Å². The highest BCUT2D eigenvalue weighted by atomic mass is 28.4. The molecule has 1 aromatic rings. The molecule has 0 aliphatic carbocycles. The Morgan fingerprint density at radius 3 is 2.12 bits per heavy atom. The molecule has 0 bridgehead atoms. The van der Waals surface area contributed by atoms with Gasteiger partial charge in [-0.2, -0.15) is 0 Å². The van der Waals surface area contributed by atoms with Gasteiger partial charge in [0.25, 0.3) is 5.97 Å². The highest BCUT2D eigenvalue weighted by molar-refractivity contribution is 6.71. The number of methoxy groups -OCH3 is 1. The normalized spacial score (nSPS) is 13.0. The second-order valence-electron chi connectivity index (χ2n) is 5.03. The Balaban J connectivity index is 2.74. The predicted molar refractivity (Wildman–Crippen MR) is 70.8 cm³/mol. The lowest BCUT2D eigenvalue weighted by Gasteiger charge is -2.20. The highest BCUT2D eigenvalue weighted by Crippen LogP contribution is 2.21. The Hall–Kier alpha value is -1.29. The predicted octanol–water partition coefficient (Wildman–Crippen LogP) is 3.18. The fourth-order valence-electron chi connectivity index (χ4n) is 1.42. The van der Waals surface area contributed by atoms with Crippen LogP contribution >= 0.6 is 0 Å². The first kappa shape index (κ1) is 13.8. The first-order chi connectivity index (χ1) is 7.83. The van der Waals surface area contributed by atoms with Gasteiger partial charge in [0.15, 0.2) is 0 Å². The van der Waals surface area contributed by atoms with Gasteiger partial charge >= 0.3 is 0 Å². The molecular weight excluding hydrogens is 232 g/mol. The van der Waals surface area contributed by atoms with Gasteiger partial charge in [0.2, 0.25) is 8.32 Å². The second kappa shape index (κ2) is 5.36. The molecule has 0 spiro atoms. The molecule has 0 aliphatic rings. The molecule has 0 fully saturated rings. The van der Waals surface area contributed by atoms with E-state index in [0.717, 1.165) is 11.3 Å². The van der Waals surface area contributed by atoms with Crippen molar-refractivity contribution in [2.24, 2.45) is 0 Å². The summed E-state index contributed by atoms with van der Waals surface area (Å²) in [6, 6.07) is 7.51. The number of ether oxygens (including phenoxy) is 1. The summed E-state index contributed by atoms with van der Waals surface area (Å²) in [6.07, 6.45) is 0.